The lowest BCUT2D eigenvalue weighted by Gasteiger charge is -2.12. The molecule has 0 aliphatic heterocycles. The Hall–Kier alpha value is -2.63. The number of anilines is 3. The number of para-hydroxylation sites is 1. The Bertz CT molecular complexity index is 837. The normalized spacial score (nSPS) is 11.2. The van der Waals surface area contributed by atoms with Crippen LogP contribution in [0.5, 0.6) is 0 Å². The smallest absolute Gasteiger partial charge is 0.226 e. The minimum absolute atomic E-state index is 0.628. The second kappa shape index (κ2) is 6.86. The van der Waals surface area contributed by atoms with E-state index in [-0.39, 0.29) is 0 Å². The molecule has 0 unspecified atom stereocenters. The first-order valence-electron chi connectivity index (χ1n) is 8.31. The van der Waals surface area contributed by atoms with E-state index in [2.05, 4.69) is 52.5 Å². The predicted octanol–water partition coefficient (Wildman–Crippen LogP) is 3.87. The first-order chi connectivity index (χ1) is 11.5. The van der Waals surface area contributed by atoms with Crippen LogP contribution in [-0.4, -0.2) is 26.3 Å². The summed E-state index contributed by atoms with van der Waals surface area (Å²) in [5.74, 6) is 2.04. The summed E-state index contributed by atoms with van der Waals surface area (Å²) in [7, 11) is 1.89. The van der Waals surface area contributed by atoms with Gasteiger partial charge in [0.05, 0.1) is 11.6 Å². The van der Waals surface area contributed by atoms with E-state index >= 15 is 0 Å². The maximum atomic E-state index is 4.66. The van der Waals surface area contributed by atoms with Crippen LogP contribution in [0.1, 0.15) is 25.8 Å². The molecule has 0 spiro atoms. The monoisotopic (exact) mass is 324 g/mol. The fourth-order valence-corrected chi connectivity index (χ4v) is 2.51. The van der Waals surface area contributed by atoms with Gasteiger partial charge in [-0.05, 0) is 30.9 Å². The van der Waals surface area contributed by atoms with Crippen molar-refractivity contribution in [1.29, 1.82) is 0 Å². The Morgan fingerprint density at radius 2 is 1.96 bits per heavy atom. The van der Waals surface area contributed by atoms with E-state index < -0.39 is 0 Å². The molecular formula is C18H24N6. The van der Waals surface area contributed by atoms with Crippen LogP contribution in [0.2, 0.25) is 0 Å². The molecule has 2 N–H and O–H groups in total. The lowest BCUT2D eigenvalue weighted by atomic mass is 10.1. The maximum absolute atomic E-state index is 4.66. The van der Waals surface area contributed by atoms with E-state index in [9.17, 15) is 0 Å². The molecule has 2 heterocycles. The number of rotatable bonds is 6. The predicted molar refractivity (Wildman–Crippen MR) is 98.7 cm³/mol. The molecule has 0 radical (unpaired) electrons. The first kappa shape index (κ1) is 16.2. The molecule has 0 amide bonds. The standard InChI is InChI=1S/C18H24N6/c1-12(2)9-10-19-18-22-16(14-11-20-24(4)17(14)23-18)21-15-8-6-5-7-13(15)3/h5-8,11-12H,9-10H2,1-4H3,(H2,19,21,22,23). The molecule has 0 bridgehead atoms. The van der Waals surface area contributed by atoms with Crippen LogP contribution in [0.25, 0.3) is 11.0 Å². The van der Waals surface area contributed by atoms with Crippen LogP contribution in [0.3, 0.4) is 0 Å². The highest BCUT2D eigenvalue weighted by Gasteiger charge is 2.12. The Labute approximate surface area is 142 Å². The molecule has 0 fully saturated rings. The third-order valence-corrected chi connectivity index (χ3v) is 4.00. The van der Waals surface area contributed by atoms with E-state index in [1.165, 1.54) is 5.56 Å². The molecular weight excluding hydrogens is 300 g/mol. The molecule has 0 saturated heterocycles. The summed E-state index contributed by atoms with van der Waals surface area (Å²) in [6.45, 7) is 7.34. The highest BCUT2D eigenvalue weighted by atomic mass is 15.3. The Morgan fingerprint density at radius 3 is 2.71 bits per heavy atom. The summed E-state index contributed by atoms with van der Waals surface area (Å²) in [5.41, 5.74) is 3.02. The second-order valence-corrected chi connectivity index (χ2v) is 6.45. The molecule has 0 atom stereocenters. The van der Waals surface area contributed by atoms with Gasteiger partial charge in [0.25, 0.3) is 0 Å². The topological polar surface area (TPSA) is 67.7 Å². The molecule has 24 heavy (non-hydrogen) atoms. The van der Waals surface area contributed by atoms with Gasteiger partial charge in [-0.15, -0.1) is 0 Å². The van der Waals surface area contributed by atoms with Crippen molar-refractivity contribution in [1.82, 2.24) is 19.7 Å². The van der Waals surface area contributed by atoms with Crippen molar-refractivity contribution in [2.24, 2.45) is 13.0 Å². The molecule has 1 aromatic carbocycles. The number of nitrogens with zero attached hydrogens (tertiary/aromatic N) is 4. The minimum Gasteiger partial charge on any atom is -0.354 e. The molecule has 6 heteroatoms. The van der Waals surface area contributed by atoms with E-state index in [1.54, 1.807) is 10.9 Å². The second-order valence-electron chi connectivity index (χ2n) is 6.45. The Morgan fingerprint density at radius 1 is 1.17 bits per heavy atom. The SMILES string of the molecule is Cc1ccccc1Nc1nc(NCCC(C)C)nc2c1cnn2C. The Kier molecular flexibility index (Phi) is 4.64. The molecule has 6 nitrogen and oxygen atoms in total. The molecule has 0 saturated carbocycles. The van der Waals surface area contributed by atoms with Crippen LogP contribution in [0, 0.1) is 12.8 Å². The molecule has 3 aromatic rings. The van der Waals surface area contributed by atoms with Crippen molar-refractivity contribution in [3.63, 3.8) is 0 Å². The fourth-order valence-electron chi connectivity index (χ4n) is 2.51. The van der Waals surface area contributed by atoms with Crippen LogP contribution in [0.15, 0.2) is 30.5 Å². The number of nitrogens with one attached hydrogen (secondary N) is 2. The van der Waals surface area contributed by atoms with Gasteiger partial charge in [0, 0.05) is 19.3 Å². The molecule has 0 aliphatic rings. The van der Waals surface area contributed by atoms with Crippen LogP contribution in [-0.2, 0) is 7.05 Å². The number of aryl methyl sites for hydroxylation is 2. The van der Waals surface area contributed by atoms with Crippen LogP contribution >= 0.6 is 0 Å². The molecule has 126 valence electrons. The van der Waals surface area contributed by atoms with E-state index in [0.29, 0.717) is 11.9 Å². The van der Waals surface area contributed by atoms with Gasteiger partial charge in [0.1, 0.15) is 5.82 Å². The summed E-state index contributed by atoms with van der Waals surface area (Å²) in [6, 6.07) is 8.16. The van der Waals surface area contributed by atoms with Gasteiger partial charge in [-0.2, -0.15) is 15.1 Å². The molecule has 3 rings (SSSR count). The van der Waals surface area contributed by atoms with Gasteiger partial charge in [-0.3, -0.25) is 4.68 Å². The number of hydrogen-bond acceptors (Lipinski definition) is 5. The summed E-state index contributed by atoms with van der Waals surface area (Å²) >= 11 is 0. The number of hydrogen-bond donors (Lipinski definition) is 2. The zero-order valence-corrected chi connectivity index (χ0v) is 14.7. The average molecular weight is 324 g/mol. The molecule has 2 aromatic heterocycles. The minimum atomic E-state index is 0.628. The summed E-state index contributed by atoms with van der Waals surface area (Å²) in [5, 5.41) is 12.0. The van der Waals surface area contributed by atoms with Gasteiger partial charge in [0.2, 0.25) is 5.95 Å². The zero-order chi connectivity index (χ0) is 17.1. The van der Waals surface area contributed by atoms with E-state index in [4.69, 9.17) is 0 Å². The van der Waals surface area contributed by atoms with Crippen molar-refractivity contribution < 1.29 is 0 Å². The van der Waals surface area contributed by atoms with Gasteiger partial charge >= 0.3 is 0 Å². The largest absolute Gasteiger partial charge is 0.354 e. The van der Waals surface area contributed by atoms with Crippen LogP contribution < -0.4 is 10.6 Å². The fraction of sp³-hybridized carbons (Fsp3) is 0.389. The highest BCUT2D eigenvalue weighted by Crippen LogP contribution is 2.26. The van der Waals surface area contributed by atoms with E-state index in [1.807, 2.05) is 25.2 Å². The molecule has 0 aliphatic carbocycles. The number of fused-ring (bicyclic) bond motifs is 1. The highest BCUT2D eigenvalue weighted by molar-refractivity contribution is 5.89. The van der Waals surface area contributed by atoms with Crippen molar-refractivity contribution in [3.05, 3.63) is 36.0 Å². The average Bonchev–Trinajstić information content (AvgIpc) is 2.91. The third-order valence-electron chi connectivity index (χ3n) is 4.00. The lowest BCUT2D eigenvalue weighted by Crippen LogP contribution is -2.10. The summed E-state index contributed by atoms with van der Waals surface area (Å²) < 4.78 is 1.77. The summed E-state index contributed by atoms with van der Waals surface area (Å²) in [4.78, 5) is 9.26. The van der Waals surface area contributed by atoms with Crippen molar-refractivity contribution in [3.8, 4) is 0 Å². The van der Waals surface area contributed by atoms with Crippen molar-refractivity contribution in [2.75, 3.05) is 17.2 Å². The summed E-state index contributed by atoms with van der Waals surface area (Å²) in [6.07, 6.45) is 2.88. The first-order valence-corrected chi connectivity index (χ1v) is 8.31. The number of benzene rings is 1. The maximum Gasteiger partial charge on any atom is 0.226 e. The third kappa shape index (κ3) is 3.48. The quantitative estimate of drug-likeness (QED) is 0.720. The number of aromatic nitrogens is 4. The van der Waals surface area contributed by atoms with E-state index in [0.717, 1.165) is 35.5 Å². The zero-order valence-electron chi connectivity index (χ0n) is 14.7. The van der Waals surface area contributed by atoms with Crippen molar-refractivity contribution >= 4 is 28.5 Å². The van der Waals surface area contributed by atoms with Crippen molar-refractivity contribution in [2.45, 2.75) is 27.2 Å². The van der Waals surface area contributed by atoms with Gasteiger partial charge in [-0.1, -0.05) is 32.0 Å². The lowest BCUT2D eigenvalue weighted by molar-refractivity contribution is 0.606. The van der Waals surface area contributed by atoms with Crippen LogP contribution in [0.4, 0.5) is 17.5 Å². The van der Waals surface area contributed by atoms with Gasteiger partial charge in [-0.25, -0.2) is 0 Å². The Balaban J connectivity index is 1.94. The van der Waals surface area contributed by atoms with Gasteiger partial charge in [0.15, 0.2) is 5.65 Å². The van der Waals surface area contributed by atoms with Gasteiger partial charge < -0.3 is 10.6 Å².